The molecule has 0 atom stereocenters. The highest BCUT2D eigenvalue weighted by Gasteiger charge is 2.12. The van der Waals surface area contributed by atoms with Crippen LogP contribution in [-0.2, 0) is 11.2 Å². The third-order valence-electron chi connectivity index (χ3n) is 2.44. The van der Waals surface area contributed by atoms with Crippen LogP contribution in [0.2, 0.25) is 0 Å². The highest BCUT2D eigenvalue weighted by molar-refractivity contribution is 5.86. The van der Waals surface area contributed by atoms with E-state index in [0.717, 1.165) is 11.1 Å². The van der Waals surface area contributed by atoms with E-state index in [1.165, 1.54) is 0 Å². The molecular formula is C13H12N2O3. The Hall–Kier alpha value is -2.43. The van der Waals surface area contributed by atoms with Crippen molar-refractivity contribution in [2.45, 2.75) is 13.3 Å². The third kappa shape index (κ3) is 2.63. The topological polar surface area (TPSA) is 76.2 Å². The first-order chi connectivity index (χ1) is 8.56. The molecule has 0 radical (unpaired) electrons. The van der Waals surface area contributed by atoms with Gasteiger partial charge in [0.25, 0.3) is 0 Å². The average Bonchev–Trinajstić information content (AvgIpc) is 2.78. The summed E-state index contributed by atoms with van der Waals surface area (Å²) in [6.45, 7) is 5.40. The zero-order chi connectivity index (χ0) is 13.1. The first-order valence-corrected chi connectivity index (χ1v) is 5.37. The van der Waals surface area contributed by atoms with Crippen molar-refractivity contribution < 1.29 is 14.4 Å². The Labute approximate surface area is 104 Å². The maximum atomic E-state index is 10.6. The summed E-state index contributed by atoms with van der Waals surface area (Å²) in [5.74, 6) is -0.369. The largest absolute Gasteiger partial charge is 0.478 e. The van der Waals surface area contributed by atoms with E-state index in [1.54, 1.807) is 0 Å². The lowest BCUT2D eigenvalue weighted by atomic mass is 10.1. The number of nitrogens with zero attached hydrogens (tertiary/aromatic N) is 2. The number of carboxylic acid groups (broad SMARTS) is 1. The fourth-order valence-corrected chi connectivity index (χ4v) is 1.40. The molecule has 5 heteroatoms. The minimum Gasteiger partial charge on any atom is -0.478 e. The molecule has 0 amide bonds. The zero-order valence-corrected chi connectivity index (χ0v) is 9.88. The molecule has 0 spiro atoms. The van der Waals surface area contributed by atoms with Crippen molar-refractivity contribution in [3.05, 3.63) is 47.9 Å². The first kappa shape index (κ1) is 12.0. The fraction of sp³-hybridized carbons (Fsp3) is 0.154. The molecule has 1 heterocycles. The molecule has 0 fully saturated rings. The molecule has 1 N–H and O–H groups in total. The quantitative estimate of drug-likeness (QED) is 0.834. The van der Waals surface area contributed by atoms with Crippen LogP contribution in [0.4, 0.5) is 0 Å². The van der Waals surface area contributed by atoms with Crippen LogP contribution >= 0.6 is 0 Å². The van der Waals surface area contributed by atoms with Crippen molar-refractivity contribution in [3.63, 3.8) is 0 Å². The molecule has 0 aliphatic carbocycles. The van der Waals surface area contributed by atoms with E-state index in [1.807, 2.05) is 31.2 Å². The number of carbonyl (C=O) groups is 1. The van der Waals surface area contributed by atoms with Crippen LogP contribution in [-0.4, -0.2) is 21.2 Å². The van der Waals surface area contributed by atoms with Gasteiger partial charge in [0.1, 0.15) is 0 Å². The van der Waals surface area contributed by atoms with Crippen LogP contribution in [0.1, 0.15) is 11.5 Å². The second-order valence-electron chi connectivity index (χ2n) is 3.96. The summed E-state index contributed by atoms with van der Waals surface area (Å²) < 4.78 is 4.98. The third-order valence-corrected chi connectivity index (χ3v) is 2.44. The monoisotopic (exact) mass is 244 g/mol. The fourth-order valence-electron chi connectivity index (χ4n) is 1.40. The standard InChI is InChI=1S/C13H12N2O3/c1-8-3-5-10(6-4-8)12-14-11(18-15-12)7-9(2)13(16)17/h3-6H,2,7H2,1H3,(H,16,17). The lowest BCUT2D eigenvalue weighted by Crippen LogP contribution is -2.02. The number of hydrogen-bond donors (Lipinski definition) is 1. The molecule has 0 aliphatic heterocycles. The predicted molar refractivity (Wildman–Crippen MR) is 65.0 cm³/mol. The van der Waals surface area contributed by atoms with E-state index in [4.69, 9.17) is 9.63 Å². The minimum absolute atomic E-state index is 0.0223. The summed E-state index contributed by atoms with van der Waals surface area (Å²) in [6, 6.07) is 7.66. The average molecular weight is 244 g/mol. The molecule has 92 valence electrons. The van der Waals surface area contributed by atoms with Crippen molar-refractivity contribution in [3.8, 4) is 11.4 Å². The van der Waals surface area contributed by atoms with Crippen LogP contribution in [0.5, 0.6) is 0 Å². The lowest BCUT2D eigenvalue weighted by molar-refractivity contribution is -0.132. The SMILES string of the molecule is C=C(Cc1nc(-c2ccc(C)cc2)no1)C(=O)O. The van der Waals surface area contributed by atoms with Gasteiger partial charge in [-0.1, -0.05) is 41.6 Å². The van der Waals surface area contributed by atoms with Gasteiger partial charge in [0.15, 0.2) is 0 Å². The maximum absolute atomic E-state index is 10.6. The number of aryl methyl sites for hydroxylation is 1. The van der Waals surface area contributed by atoms with E-state index in [0.29, 0.717) is 5.82 Å². The van der Waals surface area contributed by atoms with Gasteiger partial charge in [-0.25, -0.2) is 4.79 Å². The van der Waals surface area contributed by atoms with Gasteiger partial charge in [0.2, 0.25) is 11.7 Å². The molecule has 0 saturated carbocycles. The predicted octanol–water partition coefficient (Wildman–Crippen LogP) is 2.23. The Bertz CT molecular complexity index is 585. The molecule has 0 bridgehead atoms. The molecule has 0 saturated heterocycles. The van der Waals surface area contributed by atoms with Crippen molar-refractivity contribution in [2.24, 2.45) is 0 Å². The van der Waals surface area contributed by atoms with E-state index < -0.39 is 5.97 Å². The van der Waals surface area contributed by atoms with Gasteiger partial charge < -0.3 is 9.63 Å². The summed E-state index contributed by atoms with van der Waals surface area (Å²) >= 11 is 0. The number of aliphatic carboxylic acids is 1. The molecule has 1 aromatic heterocycles. The summed E-state index contributed by atoms with van der Waals surface area (Å²) in [5.41, 5.74) is 1.99. The number of aromatic nitrogens is 2. The van der Waals surface area contributed by atoms with Crippen molar-refractivity contribution in [1.29, 1.82) is 0 Å². The van der Waals surface area contributed by atoms with E-state index >= 15 is 0 Å². The van der Waals surface area contributed by atoms with Crippen LogP contribution in [0.3, 0.4) is 0 Å². The molecule has 1 aromatic carbocycles. The van der Waals surface area contributed by atoms with Crippen LogP contribution in [0.15, 0.2) is 40.9 Å². The van der Waals surface area contributed by atoms with Crippen LogP contribution < -0.4 is 0 Å². The Morgan fingerprint density at radius 3 is 2.67 bits per heavy atom. The van der Waals surface area contributed by atoms with Gasteiger partial charge in [-0.2, -0.15) is 4.98 Å². The van der Waals surface area contributed by atoms with E-state index in [-0.39, 0.29) is 17.9 Å². The smallest absolute Gasteiger partial charge is 0.331 e. The summed E-state index contributed by atoms with van der Waals surface area (Å²) in [5, 5.41) is 12.5. The maximum Gasteiger partial charge on any atom is 0.331 e. The molecule has 0 aliphatic rings. The molecule has 2 aromatic rings. The Balaban J connectivity index is 2.18. The number of benzene rings is 1. The van der Waals surface area contributed by atoms with Gasteiger partial charge in [-0.3, -0.25) is 0 Å². The highest BCUT2D eigenvalue weighted by Crippen LogP contribution is 2.17. The van der Waals surface area contributed by atoms with Gasteiger partial charge in [0.05, 0.1) is 6.42 Å². The van der Waals surface area contributed by atoms with Crippen LogP contribution in [0.25, 0.3) is 11.4 Å². The second kappa shape index (κ2) is 4.83. The van der Waals surface area contributed by atoms with E-state index in [2.05, 4.69) is 16.7 Å². The normalized spacial score (nSPS) is 10.3. The van der Waals surface area contributed by atoms with Gasteiger partial charge in [-0.15, -0.1) is 0 Å². The minimum atomic E-state index is -1.06. The number of hydrogen-bond acceptors (Lipinski definition) is 4. The molecular weight excluding hydrogens is 232 g/mol. The van der Waals surface area contributed by atoms with E-state index in [9.17, 15) is 4.79 Å². The van der Waals surface area contributed by atoms with Crippen molar-refractivity contribution >= 4 is 5.97 Å². The van der Waals surface area contributed by atoms with Gasteiger partial charge >= 0.3 is 5.97 Å². The number of rotatable bonds is 4. The molecule has 5 nitrogen and oxygen atoms in total. The Morgan fingerprint density at radius 2 is 2.06 bits per heavy atom. The van der Waals surface area contributed by atoms with Crippen molar-refractivity contribution in [1.82, 2.24) is 10.1 Å². The molecule has 0 unspecified atom stereocenters. The molecule has 2 rings (SSSR count). The summed E-state index contributed by atoms with van der Waals surface area (Å²) in [6.07, 6.45) is 0.0498. The zero-order valence-electron chi connectivity index (χ0n) is 9.88. The first-order valence-electron chi connectivity index (χ1n) is 5.37. The summed E-state index contributed by atoms with van der Waals surface area (Å²) in [4.78, 5) is 14.8. The van der Waals surface area contributed by atoms with Crippen LogP contribution in [0, 0.1) is 6.92 Å². The Morgan fingerprint density at radius 1 is 1.39 bits per heavy atom. The van der Waals surface area contributed by atoms with Gasteiger partial charge in [-0.05, 0) is 6.92 Å². The number of carboxylic acids is 1. The Kier molecular flexibility index (Phi) is 3.23. The van der Waals surface area contributed by atoms with Gasteiger partial charge in [0, 0.05) is 11.1 Å². The lowest BCUT2D eigenvalue weighted by Gasteiger charge is -1.94. The highest BCUT2D eigenvalue weighted by atomic mass is 16.5. The van der Waals surface area contributed by atoms with Crippen molar-refractivity contribution in [2.75, 3.05) is 0 Å². The summed E-state index contributed by atoms with van der Waals surface area (Å²) in [7, 11) is 0. The second-order valence-corrected chi connectivity index (χ2v) is 3.96. The molecule has 18 heavy (non-hydrogen) atoms.